The van der Waals surface area contributed by atoms with Crippen LogP contribution in [0, 0.1) is 0 Å². The lowest BCUT2D eigenvalue weighted by molar-refractivity contribution is -0.126. The van der Waals surface area contributed by atoms with Crippen molar-refractivity contribution in [3.8, 4) is 0 Å². The van der Waals surface area contributed by atoms with Crippen LogP contribution in [0.15, 0.2) is 47.5 Å². The predicted octanol–water partition coefficient (Wildman–Crippen LogP) is 2.48. The van der Waals surface area contributed by atoms with Crippen LogP contribution in [0.4, 0.5) is 5.69 Å². The number of amidine groups is 1. The van der Waals surface area contributed by atoms with Gasteiger partial charge in [0.25, 0.3) is 6.02 Å². The number of fused-ring (bicyclic) bond motifs is 2. The van der Waals surface area contributed by atoms with Crippen LogP contribution in [-0.2, 0) is 32.0 Å². The van der Waals surface area contributed by atoms with Gasteiger partial charge in [-0.25, -0.2) is 4.99 Å². The number of nitrogens with one attached hydrogen (secondary N) is 1. The molecule has 2 aliphatic heterocycles. The van der Waals surface area contributed by atoms with Gasteiger partial charge < -0.3 is 25.3 Å². The molecule has 0 radical (unpaired) electrons. The molecule has 2 aromatic carbocycles. The van der Waals surface area contributed by atoms with E-state index < -0.39 is 6.04 Å². The van der Waals surface area contributed by atoms with Gasteiger partial charge in [0.1, 0.15) is 12.6 Å². The number of anilines is 1. The number of rotatable bonds is 8. The predicted molar refractivity (Wildman–Crippen MR) is 142 cm³/mol. The molecule has 3 N–H and O–H groups in total. The fraction of sp³-hybridized carbons (Fsp3) is 0.500. The number of nitrogens with zero attached hydrogens (tertiary/aromatic N) is 3. The third kappa shape index (κ3) is 5.36. The first-order valence-corrected chi connectivity index (χ1v) is 12.9. The molecule has 5 rings (SSSR count). The fourth-order valence-corrected chi connectivity index (χ4v) is 5.87. The third-order valence-electron chi connectivity index (χ3n) is 7.82. The number of carbonyl (C=O) groups is 1. The molecule has 198 valence electrons. The molecule has 0 bridgehead atoms. The Bertz CT molecular complexity index is 1140. The first kappa shape index (κ1) is 25.7. The zero-order valence-corrected chi connectivity index (χ0v) is 21.9. The molecule has 9 heteroatoms. The van der Waals surface area contributed by atoms with Crippen LogP contribution >= 0.6 is 0 Å². The smallest absolute Gasteiger partial charge is 0.290 e. The van der Waals surface area contributed by atoms with Gasteiger partial charge in [-0.15, -0.1) is 0 Å². The minimum Gasteiger partial charge on any atom is -0.460 e. The van der Waals surface area contributed by atoms with Crippen LogP contribution in [0.1, 0.15) is 40.8 Å². The number of hydrogen-bond donors (Lipinski definition) is 2. The number of hydrogen-bond acceptors (Lipinski definition) is 7. The number of benzene rings is 2. The molecule has 37 heavy (non-hydrogen) atoms. The van der Waals surface area contributed by atoms with E-state index in [1.807, 2.05) is 18.2 Å². The monoisotopic (exact) mass is 507 g/mol. The standard InChI is InChI=1S/C28H37N5O4/c1-32-21(16-35-2)13-33(14-22(32)17-36-3)26(27(29)34)19-9-10-24-20(12-19)15-37-28(30-24)31-25-11-8-18-6-4-5-7-23(18)25/h4-7,9-10,12,21-22,25-26H,8,11,13-17H2,1-3H3,(H2,29,34)(H,30,31)/t21-,22-,25-,26?/m1/s1. The number of piperazine rings is 1. The zero-order chi connectivity index (χ0) is 25.9. The summed E-state index contributed by atoms with van der Waals surface area (Å²) in [6.07, 6.45) is 2.02. The highest BCUT2D eigenvalue weighted by atomic mass is 16.5. The second-order valence-corrected chi connectivity index (χ2v) is 10.2. The third-order valence-corrected chi connectivity index (χ3v) is 7.82. The molecule has 0 spiro atoms. The van der Waals surface area contributed by atoms with Gasteiger partial charge in [0.05, 0.1) is 19.3 Å². The van der Waals surface area contributed by atoms with E-state index in [1.54, 1.807) is 14.2 Å². The number of amides is 1. The average Bonchev–Trinajstić information content (AvgIpc) is 3.29. The number of methoxy groups -OCH3 is 2. The average molecular weight is 508 g/mol. The number of aliphatic imine (C=N–C) groups is 1. The topological polar surface area (TPSA) is 102 Å². The van der Waals surface area contributed by atoms with E-state index in [0.717, 1.165) is 29.7 Å². The quantitative estimate of drug-likeness (QED) is 0.566. The first-order valence-electron chi connectivity index (χ1n) is 12.9. The summed E-state index contributed by atoms with van der Waals surface area (Å²) in [4.78, 5) is 22.1. The molecular formula is C28H37N5O4. The summed E-state index contributed by atoms with van der Waals surface area (Å²) in [7, 11) is 5.47. The molecule has 0 saturated carbocycles. The van der Waals surface area contributed by atoms with Crippen molar-refractivity contribution in [1.29, 1.82) is 0 Å². The van der Waals surface area contributed by atoms with E-state index in [2.05, 4.69) is 46.4 Å². The van der Waals surface area contributed by atoms with E-state index in [-0.39, 0.29) is 24.0 Å². The number of ether oxygens (including phenoxy) is 3. The van der Waals surface area contributed by atoms with Crippen LogP contribution in [0.5, 0.6) is 0 Å². The van der Waals surface area contributed by atoms with Gasteiger partial charge in [0.2, 0.25) is 5.91 Å². The molecule has 1 fully saturated rings. The van der Waals surface area contributed by atoms with Gasteiger partial charge in [-0.3, -0.25) is 14.6 Å². The highest BCUT2D eigenvalue weighted by Gasteiger charge is 2.38. The maximum Gasteiger partial charge on any atom is 0.290 e. The van der Waals surface area contributed by atoms with Crippen molar-refractivity contribution in [2.24, 2.45) is 10.7 Å². The minimum atomic E-state index is -0.553. The fourth-order valence-electron chi connectivity index (χ4n) is 5.87. The maximum atomic E-state index is 12.8. The number of carbonyl (C=O) groups excluding carboxylic acids is 1. The Morgan fingerprint density at radius 1 is 1.14 bits per heavy atom. The summed E-state index contributed by atoms with van der Waals surface area (Å²) >= 11 is 0. The maximum absolute atomic E-state index is 12.8. The lowest BCUT2D eigenvalue weighted by atomic mass is 9.97. The summed E-state index contributed by atoms with van der Waals surface area (Å²) in [5, 5.41) is 3.34. The van der Waals surface area contributed by atoms with E-state index >= 15 is 0 Å². The number of likely N-dealkylation sites (N-methyl/N-ethyl adjacent to an activating group) is 1. The van der Waals surface area contributed by atoms with Crippen molar-refractivity contribution in [2.75, 3.05) is 52.9 Å². The van der Waals surface area contributed by atoms with Crippen LogP contribution < -0.4 is 11.1 Å². The molecule has 1 amide bonds. The Hall–Kier alpha value is -2.98. The number of nitrogens with two attached hydrogens (primary N) is 1. The summed E-state index contributed by atoms with van der Waals surface area (Å²) < 4.78 is 16.9. The largest absolute Gasteiger partial charge is 0.460 e. The second-order valence-electron chi connectivity index (χ2n) is 10.2. The Morgan fingerprint density at radius 2 is 1.86 bits per heavy atom. The van der Waals surface area contributed by atoms with Gasteiger partial charge >= 0.3 is 0 Å². The summed E-state index contributed by atoms with van der Waals surface area (Å²) in [6.45, 7) is 2.85. The molecular weight excluding hydrogens is 470 g/mol. The summed E-state index contributed by atoms with van der Waals surface area (Å²) in [5.41, 5.74) is 11.4. The molecule has 9 nitrogen and oxygen atoms in total. The van der Waals surface area contributed by atoms with Crippen molar-refractivity contribution in [3.05, 3.63) is 64.7 Å². The van der Waals surface area contributed by atoms with Crippen molar-refractivity contribution in [1.82, 2.24) is 9.80 Å². The van der Waals surface area contributed by atoms with Gasteiger partial charge in [0.15, 0.2) is 0 Å². The molecule has 4 atom stereocenters. The molecule has 2 aromatic rings. The first-order chi connectivity index (χ1) is 18.0. The second kappa shape index (κ2) is 11.2. The lowest BCUT2D eigenvalue weighted by Crippen LogP contribution is -2.61. The van der Waals surface area contributed by atoms with Crippen LogP contribution in [0.2, 0.25) is 0 Å². The highest BCUT2D eigenvalue weighted by Crippen LogP contribution is 2.35. The highest BCUT2D eigenvalue weighted by molar-refractivity contribution is 5.92. The van der Waals surface area contributed by atoms with E-state index in [4.69, 9.17) is 24.9 Å². The van der Waals surface area contributed by atoms with Gasteiger partial charge in [-0.1, -0.05) is 30.3 Å². The molecule has 3 aliphatic rings. The van der Waals surface area contributed by atoms with Gasteiger partial charge in [-0.2, -0.15) is 0 Å². The molecule has 1 unspecified atom stereocenters. The Labute approximate surface area is 218 Å². The molecule has 2 heterocycles. The molecule has 1 saturated heterocycles. The van der Waals surface area contributed by atoms with E-state index in [9.17, 15) is 4.79 Å². The van der Waals surface area contributed by atoms with Crippen LogP contribution in [-0.4, -0.2) is 81.4 Å². The van der Waals surface area contributed by atoms with Gasteiger partial charge in [0, 0.05) is 50.6 Å². The van der Waals surface area contributed by atoms with Crippen molar-refractivity contribution < 1.29 is 19.0 Å². The molecule has 0 aromatic heterocycles. The normalized spacial score (nSPS) is 25.7. The van der Waals surface area contributed by atoms with Crippen molar-refractivity contribution in [3.63, 3.8) is 0 Å². The van der Waals surface area contributed by atoms with Crippen molar-refractivity contribution >= 4 is 17.6 Å². The Balaban J connectivity index is 1.35. The van der Waals surface area contributed by atoms with Crippen molar-refractivity contribution in [2.45, 2.75) is 43.6 Å². The summed E-state index contributed by atoms with van der Waals surface area (Å²) in [5.74, 6) is -0.372. The lowest BCUT2D eigenvalue weighted by Gasteiger charge is -2.46. The Morgan fingerprint density at radius 3 is 2.57 bits per heavy atom. The minimum absolute atomic E-state index is 0.107. The molecule has 1 aliphatic carbocycles. The van der Waals surface area contributed by atoms with Crippen LogP contribution in [0.3, 0.4) is 0 Å². The van der Waals surface area contributed by atoms with Gasteiger partial charge in [-0.05, 0) is 48.7 Å². The zero-order valence-electron chi connectivity index (χ0n) is 21.9. The van der Waals surface area contributed by atoms with E-state index in [0.29, 0.717) is 38.9 Å². The summed E-state index contributed by atoms with van der Waals surface area (Å²) in [6, 6.07) is 14.8. The van der Waals surface area contributed by atoms with Crippen LogP contribution in [0.25, 0.3) is 0 Å². The SMILES string of the molecule is COC[C@H]1CN(C(C(N)=O)c2ccc3c(c2)COC(=N[C@@H]2CCc4ccccc42)N3)C[C@H](COC)N1C. The number of aryl methyl sites for hydroxylation is 1. The van der Waals surface area contributed by atoms with E-state index in [1.165, 1.54) is 11.1 Å². The Kier molecular flexibility index (Phi) is 7.76. The number of primary amides is 1.